The maximum absolute atomic E-state index is 13.2. The molecule has 0 unspecified atom stereocenters. The summed E-state index contributed by atoms with van der Waals surface area (Å²) in [7, 11) is -2.10. The van der Waals surface area contributed by atoms with Crippen molar-refractivity contribution < 1.29 is 41.5 Å². The van der Waals surface area contributed by atoms with Crippen molar-refractivity contribution in [3.8, 4) is 17.3 Å². The van der Waals surface area contributed by atoms with Crippen LogP contribution in [-0.2, 0) is 12.4 Å². The van der Waals surface area contributed by atoms with Gasteiger partial charge in [-0.05, 0) is 49.6 Å². The van der Waals surface area contributed by atoms with Crippen LogP contribution in [0.25, 0.3) is 33.3 Å². The number of rotatable bonds is 2. The highest BCUT2D eigenvalue weighted by Gasteiger charge is 2.36. The van der Waals surface area contributed by atoms with Gasteiger partial charge in [0, 0.05) is 5.56 Å². The summed E-state index contributed by atoms with van der Waals surface area (Å²) >= 11 is 17.8. The van der Waals surface area contributed by atoms with Crippen LogP contribution in [0, 0.1) is 25.2 Å². The van der Waals surface area contributed by atoms with Crippen LogP contribution in [0.1, 0.15) is 22.5 Å². The van der Waals surface area contributed by atoms with Crippen LogP contribution in [0.3, 0.4) is 0 Å². The predicted octanol–water partition coefficient (Wildman–Crippen LogP) is 8.41. The number of nitriles is 1. The molecule has 0 amide bonds. The third-order valence-corrected chi connectivity index (χ3v) is 7.65. The van der Waals surface area contributed by atoms with Gasteiger partial charge in [0.1, 0.15) is 17.6 Å². The zero-order chi connectivity index (χ0) is 38.8. The summed E-state index contributed by atoms with van der Waals surface area (Å²) in [6.45, 7) is 3.07. The Labute approximate surface area is 308 Å². The molecule has 2 heterocycles. The molecule has 6 aromatic rings. The van der Waals surface area contributed by atoms with E-state index in [1.54, 1.807) is 37.3 Å². The second kappa shape index (κ2) is 18.3. The quantitative estimate of drug-likeness (QED) is 0.0906. The van der Waals surface area contributed by atoms with Crippen molar-refractivity contribution in [2.45, 2.75) is 26.2 Å². The van der Waals surface area contributed by atoms with Crippen molar-refractivity contribution in [1.82, 2.24) is 19.9 Å². The van der Waals surface area contributed by atoms with E-state index in [2.05, 4.69) is 19.9 Å². The van der Waals surface area contributed by atoms with E-state index in [9.17, 15) is 26.3 Å². The molecule has 3 N–H and O–H groups in total. The molecule has 0 saturated carbocycles. The Balaban J connectivity index is 0.000000210. The van der Waals surface area contributed by atoms with E-state index in [4.69, 9.17) is 55.2 Å². The second-order valence-electron chi connectivity index (χ2n) is 10.3. The Hall–Kier alpha value is -4.56. The SMILES string of the molecule is Cc1nc2cccc(Cl)c2nc1-c1ccccc1C(F)(F)F.Cc1nc2cccc(Cl)c2nc1Cl.N#CCO.OB(O)c1ccccc1C(F)(F)F. The van der Waals surface area contributed by atoms with Gasteiger partial charge in [-0.2, -0.15) is 31.6 Å². The van der Waals surface area contributed by atoms with Gasteiger partial charge in [0.15, 0.2) is 5.15 Å². The number of aliphatic hydroxyl groups is 1. The Kier molecular flexibility index (Phi) is 14.7. The van der Waals surface area contributed by atoms with E-state index in [-0.39, 0.29) is 17.9 Å². The molecule has 0 radical (unpaired) electrons. The Morgan fingerprint density at radius 2 is 1.12 bits per heavy atom. The Morgan fingerprint density at radius 1 is 0.654 bits per heavy atom. The van der Waals surface area contributed by atoms with E-state index in [1.165, 1.54) is 30.3 Å². The summed E-state index contributed by atoms with van der Waals surface area (Å²) in [5.41, 5.74) is 1.41. The van der Waals surface area contributed by atoms with Crippen LogP contribution in [0.4, 0.5) is 26.3 Å². The van der Waals surface area contributed by atoms with Gasteiger partial charge < -0.3 is 15.2 Å². The molecule has 0 atom stereocenters. The van der Waals surface area contributed by atoms with Crippen molar-refractivity contribution >= 4 is 69.5 Å². The Morgan fingerprint density at radius 3 is 1.60 bits per heavy atom. The van der Waals surface area contributed by atoms with Crippen molar-refractivity contribution in [2.24, 2.45) is 0 Å². The molecule has 0 saturated heterocycles. The highest BCUT2D eigenvalue weighted by Crippen LogP contribution is 2.38. The molecule has 0 bridgehead atoms. The molecule has 6 rings (SSSR count). The zero-order valence-electron chi connectivity index (χ0n) is 26.8. The lowest BCUT2D eigenvalue weighted by Gasteiger charge is -2.14. The molecule has 18 heteroatoms. The monoisotopic (exact) mass is 781 g/mol. The largest absolute Gasteiger partial charge is 0.489 e. The van der Waals surface area contributed by atoms with Crippen molar-refractivity contribution in [3.63, 3.8) is 0 Å². The normalized spacial score (nSPS) is 10.9. The first-order chi connectivity index (χ1) is 24.4. The predicted molar refractivity (Wildman–Crippen MR) is 188 cm³/mol. The maximum Gasteiger partial charge on any atom is 0.489 e. The second-order valence-corrected chi connectivity index (χ2v) is 11.5. The van der Waals surface area contributed by atoms with Crippen LogP contribution >= 0.6 is 34.8 Å². The third-order valence-electron chi connectivity index (χ3n) is 6.68. The van der Waals surface area contributed by atoms with E-state index in [1.807, 2.05) is 19.1 Å². The molecular weight excluding hydrogens is 758 g/mol. The molecular formula is C34H25BCl3F6N5O3. The van der Waals surface area contributed by atoms with Gasteiger partial charge in [-0.1, -0.05) is 89.4 Å². The first kappa shape index (κ1) is 41.9. The number of aryl methyl sites for hydroxylation is 2. The number of aromatic nitrogens is 4. The lowest BCUT2D eigenvalue weighted by molar-refractivity contribution is -0.137. The van der Waals surface area contributed by atoms with E-state index >= 15 is 0 Å². The van der Waals surface area contributed by atoms with Crippen LogP contribution < -0.4 is 5.46 Å². The Bertz CT molecular complexity index is 2200. The third kappa shape index (κ3) is 11.0. The minimum atomic E-state index is -4.56. The van der Waals surface area contributed by atoms with Crippen LogP contribution in [0.15, 0.2) is 84.9 Å². The van der Waals surface area contributed by atoms with E-state index in [0.717, 1.165) is 29.4 Å². The van der Waals surface area contributed by atoms with Gasteiger partial charge in [-0.3, -0.25) is 0 Å². The summed E-state index contributed by atoms with van der Waals surface area (Å²) in [6, 6.07) is 21.7. The molecule has 4 aromatic carbocycles. The maximum atomic E-state index is 13.2. The minimum Gasteiger partial charge on any atom is -0.423 e. The van der Waals surface area contributed by atoms with Crippen LogP contribution in [0.2, 0.25) is 15.2 Å². The molecule has 0 aliphatic carbocycles. The van der Waals surface area contributed by atoms with Gasteiger partial charge in [0.2, 0.25) is 0 Å². The molecule has 0 fully saturated rings. The van der Waals surface area contributed by atoms with Gasteiger partial charge in [0.05, 0.1) is 55.4 Å². The molecule has 0 aliphatic rings. The molecule has 0 aliphatic heterocycles. The molecule has 8 nitrogen and oxygen atoms in total. The summed E-state index contributed by atoms with van der Waals surface area (Å²) in [4.78, 5) is 17.0. The smallest absolute Gasteiger partial charge is 0.423 e. The molecule has 2 aromatic heterocycles. The summed E-state index contributed by atoms with van der Waals surface area (Å²) in [5, 5.41) is 33.5. The summed E-state index contributed by atoms with van der Waals surface area (Å²) in [5.74, 6) is 0. The lowest BCUT2D eigenvalue weighted by Crippen LogP contribution is -2.35. The number of benzene rings is 4. The highest BCUT2D eigenvalue weighted by molar-refractivity contribution is 6.59. The number of halogens is 9. The van der Waals surface area contributed by atoms with Crippen molar-refractivity contribution in [2.75, 3.05) is 6.61 Å². The van der Waals surface area contributed by atoms with E-state index < -0.39 is 36.1 Å². The van der Waals surface area contributed by atoms with Crippen molar-refractivity contribution in [3.05, 3.63) is 123 Å². The molecule has 270 valence electrons. The zero-order valence-corrected chi connectivity index (χ0v) is 29.1. The number of hydrogen-bond donors (Lipinski definition) is 3. The fourth-order valence-corrected chi connectivity index (χ4v) is 4.96. The van der Waals surface area contributed by atoms with Gasteiger partial charge in [0.25, 0.3) is 0 Å². The van der Waals surface area contributed by atoms with Crippen LogP contribution in [-0.4, -0.2) is 48.8 Å². The standard InChI is InChI=1S/C16H10ClF3N2.C9H6Cl2N2.C7H6BF3O2.C2H3NO/c1-9-14(10-5-2-3-6-11(10)16(18,19)20)22-15-12(17)7-4-8-13(15)21-9;1-5-9(11)13-8-6(10)3-2-4-7(8)12-5;9-7(10,11)5-3-1-2-4-6(5)8(12)13;3-1-2-4/h2-8H,1H3;2-4H,1H3;1-4,12-13H;4H,2H2. The number of aliphatic hydroxyl groups excluding tert-OH is 1. The average Bonchev–Trinajstić information content (AvgIpc) is 3.09. The number of fused-ring (bicyclic) bond motifs is 2. The van der Waals surface area contributed by atoms with E-state index in [0.29, 0.717) is 37.4 Å². The lowest BCUT2D eigenvalue weighted by atomic mass is 9.77. The average molecular weight is 783 g/mol. The highest BCUT2D eigenvalue weighted by atomic mass is 35.5. The summed E-state index contributed by atoms with van der Waals surface area (Å²) < 4.78 is 76.1. The molecule has 52 heavy (non-hydrogen) atoms. The van der Waals surface area contributed by atoms with Gasteiger partial charge in [-0.25, -0.2) is 19.9 Å². The first-order valence-electron chi connectivity index (χ1n) is 14.6. The number of alkyl halides is 6. The number of para-hydroxylation sites is 2. The minimum absolute atomic E-state index is 0.00168. The topological polar surface area (TPSA) is 136 Å². The number of hydrogen-bond acceptors (Lipinski definition) is 8. The van der Waals surface area contributed by atoms with Gasteiger partial charge in [-0.15, -0.1) is 0 Å². The number of nitrogens with zero attached hydrogens (tertiary/aromatic N) is 5. The first-order valence-corrected chi connectivity index (χ1v) is 15.7. The fourth-order valence-electron chi connectivity index (χ4n) is 4.41. The van der Waals surface area contributed by atoms with Crippen LogP contribution in [0.5, 0.6) is 0 Å². The van der Waals surface area contributed by atoms with Gasteiger partial charge >= 0.3 is 19.5 Å². The fraction of sp³-hybridized carbons (Fsp3) is 0.147. The van der Waals surface area contributed by atoms with Crippen molar-refractivity contribution in [1.29, 1.82) is 5.26 Å². The molecule has 0 spiro atoms. The summed E-state index contributed by atoms with van der Waals surface area (Å²) in [6.07, 6.45) is -9.01.